The molecule has 0 aromatic carbocycles. The van der Waals surface area contributed by atoms with Crippen molar-refractivity contribution in [3.05, 3.63) is 76.3 Å². The number of aromatic nitrogens is 4. The molecule has 0 unspecified atom stereocenters. The molecule has 206 valence electrons. The third kappa shape index (κ3) is 4.36. The molecule has 0 fully saturated rings. The number of nitrogens with zero attached hydrogens (tertiary/aromatic N) is 16. The summed E-state index contributed by atoms with van der Waals surface area (Å²) in [5.41, 5.74) is 0. The van der Waals surface area contributed by atoms with Gasteiger partial charge >= 0.3 is 29.3 Å². The molecule has 0 atom stereocenters. The first kappa shape index (κ1) is 28.1. The van der Waals surface area contributed by atoms with Gasteiger partial charge in [-0.25, -0.2) is 65.3 Å². The minimum Gasteiger partial charge on any atom is -0.690 e. The van der Waals surface area contributed by atoms with E-state index in [1.807, 2.05) is 0 Å². The first-order chi connectivity index (χ1) is 18.1. The average Bonchev–Trinajstić information content (AvgIpc) is 3.42. The zero-order valence-electron chi connectivity index (χ0n) is 17.1. The van der Waals surface area contributed by atoms with E-state index in [2.05, 4.69) is 45.2 Å². The molecule has 0 saturated carbocycles. The summed E-state index contributed by atoms with van der Waals surface area (Å²) in [6.45, 7) is 0. The average molecular weight is 568 g/mol. The maximum atomic E-state index is 12.2. The van der Waals surface area contributed by atoms with Crippen molar-refractivity contribution in [3.8, 4) is 0 Å². The molecule has 0 aliphatic carbocycles. The highest BCUT2D eigenvalue weighted by molar-refractivity contribution is 5.47. The molecular weight excluding hydrogens is 568 g/mol. The van der Waals surface area contributed by atoms with Crippen LogP contribution >= 0.6 is 0 Å². The van der Waals surface area contributed by atoms with Crippen molar-refractivity contribution >= 4 is 23.3 Å². The van der Waals surface area contributed by atoms with Crippen LogP contribution in [-0.2, 0) is 0 Å². The van der Waals surface area contributed by atoms with Gasteiger partial charge in [-0.3, -0.25) is 0 Å². The topological polar surface area (TPSA) is 452 Å². The highest BCUT2D eigenvalue weighted by Gasteiger charge is 2.84. The van der Waals surface area contributed by atoms with Crippen LogP contribution in [0.3, 0.4) is 0 Å². The SMILES string of the molecule is O=[N+]([O-])C([N+](=O)[O-])([N+](=O)[O-])[N+]([O-])=Nc1nonc1N=[N+]([O-])c1nonc1N=[N+]([O-])C([N+](=O)[O-])([N+](=O)[O-])[N+](=O)[O-]. The molecule has 2 rings (SSSR count). The molecule has 33 heteroatoms. The van der Waals surface area contributed by atoms with Crippen LogP contribution in [0.4, 0.5) is 23.3 Å². The van der Waals surface area contributed by atoms with Gasteiger partial charge in [0.1, 0.15) is 9.72 Å². The Labute approximate surface area is 202 Å². The molecule has 0 saturated heterocycles. The summed E-state index contributed by atoms with van der Waals surface area (Å²) < 4.78 is 7.95. The molecule has 0 N–H and O–H groups in total. The monoisotopic (exact) mass is 568 g/mol. The van der Waals surface area contributed by atoms with E-state index in [0.717, 1.165) is 0 Å². The highest BCUT2D eigenvalue weighted by Crippen LogP contribution is 2.30. The van der Waals surface area contributed by atoms with Crippen molar-refractivity contribution in [3.63, 3.8) is 0 Å². The molecule has 39 heavy (non-hydrogen) atoms. The van der Waals surface area contributed by atoms with Gasteiger partial charge in [0.05, 0.1) is 10.2 Å². The number of hydrogen-bond acceptors (Lipinski definition) is 24. The van der Waals surface area contributed by atoms with Gasteiger partial charge in [0.25, 0.3) is 35.4 Å². The van der Waals surface area contributed by atoms with Crippen LogP contribution in [0.25, 0.3) is 0 Å². The summed E-state index contributed by atoms with van der Waals surface area (Å²) in [5, 5.41) is 120. The summed E-state index contributed by atoms with van der Waals surface area (Å²) in [6.07, 6.45) is 0. The first-order valence-electron chi connectivity index (χ1n) is 8.15. The number of hydrogen-bond donors (Lipinski definition) is 0. The molecule has 2 heterocycles. The standard InChI is InChI=1S/C6N16O17/c23-14(4-3(12-39-13-4)9-16(25)6(20(32)33,21(34)35)22(36)37)7-1-2(11-38-10-1)8-15(24)5(17(26)27,18(28)29)19(30)31. The molecule has 0 spiro atoms. The minimum atomic E-state index is -4.89. The first-order valence-corrected chi connectivity index (χ1v) is 8.15. The molecule has 0 aliphatic rings. The predicted octanol–water partition coefficient (Wildman–Crippen LogP) is -1.55. The Bertz CT molecular complexity index is 1410. The van der Waals surface area contributed by atoms with Crippen LogP contribution in [-0.4, -0.2) is 76.6 Å². The predicted molar refractivity (Wildman–Crippen MR) is 92.8 cm³/mol. The molecule has 0 aliphatic heterocycles. The zero-order chi connectivity index (χ0) is 29.9. The second-order valence-corrected chi connectivity index (χ2v) is 5.68. The van der Waals surface area contributed by atoms with Crippen molar-refractivity contribution in [2.45, 2.75) is 11.8 Å². The van der Waals surface area contributed by atoms with E-state index >= 15 is 0 Å². The largest absolute Gasteiger partial charge is 0.937 e. The van der Waals surface area contributed by atoms with E-state index in [9.17, 15) is 76.3 Å². The van der Waals surface area contributed by atoms with E-state index in [0.29, 0.717) is 0 Å². The van der Waals surface area contributed by atoms with E-state index in [-0.39, 0.29) is 0 Å². The van der Waals surface area contributed by atoms with Crippen LogP contribution in [0, 0.1) is 76.3 Å². The van der Waals surface area contributed by atoms with Gasteiger partial charge in [-0.2, -0.15) is 0 Å². The van der Waals surface area contributed by atoms with Crippen LogP contribution in [0.15, 0.2) is 24.6 Å². The normalized spacial score (nSPS) is 13.1. The molecule has 0 amide bonds. The summed E-state index contributed by atoms with van der Waals surface area (Å²) in [4.78, 5) is 47.5. The van der Waals surface area contributed by atoms with E-state index in [1.54, 1.807) is 0 Å². The van der Waals surface area contributed by atoms with Crippen molar-refractivity contribution < 1.29 is 53.4 Å². The van der Waals surface area contributed by atoms with E-state index in [1.165, 1.54) is 0 Å². The summed E-state index contributed by atoms with van der Waals surface area (Å²) in [6, 6.07) is 0. The second kappa shape index (κ2) is 9.86. The highest BCUT2D eigenvalue weighted by atomic mass is 16.8. The quantitative estimate of drug-likeness (QED) is 0.0918. The maximum absolute atomic E-state index is 12.2. The number of rotatable bonds is 12. The van der Waals surface area contributed by atoms with Crippen LogP contribution in [0.5, 0.6) is 0 Å². The lowest BCUT2D eigenvalue weighted by Crippen LogP contribution is -2.59. The van der Waals surface area contributed by atoms with Gasteiger partial charge in [-0.1, -0.05) is 5.11 Å². The summed E-state index contributed by atoms with van der Waals surface area (Å²) in [5.74, 6) is -15.6. The van der Waals surface area contributed by atoms with Gasteiger partial charge in [-0.05, 0) is 10.3 Å². The van der Waals surface area contributed by atoms with Gasteiger partial charge in [0.2, 0.25) is 0 Å². The van der Waals surface area contributed by atoms with E-state index < -0.39 is 79.2 Å². The number of hydroxylamine groups is 2. The smallest absolute Gasteiger partial charge is 0.690 e. The van der Waals surface area contributed by atoms with Gasteiger partial charge in [-0.15, -0.1) is 9.49 Å². The molecular formula is C6N16O17. The van der Waals surface area contributed by atoms with Crippen molar-refractivity contribution in [2.24, 2.45) is 15.3 Å². The maximum Gasteiger partial charge on any atom is 0.937 e. The Morgan fingerprint density at radius 3 is 1.18 bits per heavy atom. The van der Waals surface area contributed by atoms with Crippen LogP contribution in [0.2, 0.25) is 0 Å². The van der Waals surface area contributed by atoms with Crippen molar-refractivity contribution in [1.29, 1.82) is 0 Å². The Morgan fingerprint density at radius 2 is 0.795 bits per heavy atom. The lowest BCUT2D eigenvalue weighted by Gasteiger charge is -2.04. The lowest BCUT2D eigenvalue weighted by molar-refractivity contribution is -1.12. The Kier molecular flexibility index (Phi) is 7.11. The van der Waals surface area contributed by atoms with Crippen molar-refractivity contribution in [2.75, 3.05) is 0 Å². The van der Waals surface area contributed by atoms with Crippen LogP contribution < -0.4 is 0 Å². The van der Waals surface area contributed by atoms with Gasteiger partial charge in [0.15, 0.2) is 5.16 Å². The van der Waals surface area contributed by atoms with Gasteiger partial charge < -0.3 is 15.6 Å². The minimum absolute atomic E-state index is 0.898. The Hall–Kier alpha value is -7.12. The fourth-order valence-corrected chi connectivity index (χ4v) is 1.93. The fraction of sp³-hybridized carbons (Fsp3) is 0.333. The molecule has 0 bridgehead atoms. The molecule has 2 aromatic rings. The summed E-state index contributed by atoms with van der Waals surface area (Å²) >= 11 is 0. The molecule has 33 nitrogen and oxygen atoms in total. The van der Waals surface area contributed by atoms with Gasteiger partial charge in [0, 0.05) is 5.16 Å². The Balaban J connectivity index is 2.62. The lowest BCUT2D eigenvalue weighted by atomic mass is 10.6. The molecule has 2 aromatic heterocycles. The third-order valence-corrected chi connectivity index (χ3v) is 3.63. The fourth-order valence-electron chi connectivity index (χ4n) is 1.93. The second-order valence-electron chi connectivity index (χ2n) is 5.68. The zero-order valence-corrected chi connectivity index (χ0v) is 17.1. The van der Waals surface area contributed by atoms with Crippen LogP contribution in [0.1, 0.15) is 0 Å². The van der Waals surface area contributed by atoms with E-state index in [4.69, 9.17) is 0 Å². The third-order valence-electron chi connectivity index (χ3n) is 3.63. The number of azo groups is 3. The summed E-state index contributed by atoms with van der Waals surface area (Å²) in [7, 11) is 0. The number of nitro groups is 6. The molecule has 0 radical (unpaired) electrons. The Morgan fingerprint density at radius 1 is 0.487 bits per heavy atom. The van der Waals surface area contributed by atoms with Crippen molar-refractivity contribution in [1.82, 2.24) is 20.6 Å².